The number of rotatable bonds is 12. The summed E-state index contributed by atoms with van der Waals surface area (Å²) in [5, 5.41) is 61.8. The zero-order chi connectivity index (χ0) is 33.8. The zero-order valence-electron chi connectivity index (χ0n) is 23.0. The zero-order valence-corrected chi connectivity index (χ0v) is 26.3. The van der Waals surface area contributed by atoms with Gasteiger partial charge in [0.1, 0.15) is 16.3 Å². The maximum Gasteiger partial charge on any atom is 0.295 e. The number of fused-ring (bicyclic) bond motifs is 1. The molecule has 6 N–H and O–H groups in total. The first-order chi connectivity index (χ1) is 21.6. The van der Waals surface area contributed by atoms with Gasteiger partial charge in [-0.05, 0) is 73.5 Å². The van der Waals surface area contributed by atoms with Gasteiger partial charge in [-0.25, -0.2) is 10.5 Å². The fraction of sp³-hybridized carbons (Fsp3) is 0.0833. The summed E-state index contributed by atoms with van der Waals surface area (Å²) < 4.78 is 75.5. The average Bonchev–Trinajstić information content (AvgIpc) is 2.98. The molecule has 4 aromatic carbocycles. The highest BCUT2D eigenvalue weighted by atomic mass is 32.2. The van der Waals surface area contributed by atoms with Gasteiger partial charge in [0.2, 0.25) is 0 Å². The minimum absolute atomic E-state index is 0.0635. The summed E-state index contributed by atoms with van der Waals surface area (Å²) in [5.74, 6) is -1.17. The molecule has 0 spiro atoms. The molecule has 0 amide bonds. The van der Waals surface area contributed by atoms with Crippen LogP contribution >= 0.6 is 24.1 Å². The van der Waals surface area contributed by atoms with Crippen molar-refractivity contribution in [3.05, 3.63) is 59.7 Å². The van der Waals surface area contributed by atoms with Gasteiger partial charge in [0, 0.05) is 10.8 Å². The number of phenolic OH excluding ortho intramolecular Hbond substituents is 2. The SMILES string of the molecule is Cc1cc(N=Nc2c(SOOO)cc3c(S(=O)(=O)O)cc(N=Nc4ccc(S(=O)(=O)O)cc4)c(C)c3c2O)c(O)c(SOOO)c1. The van der Waals surface area contributed by atoms with Crippen molar-refractivity contribution in [2.75, 3.05) is 0 Å². The predicted molar refractivity (Wildman–Crippen MR) is 159 cm³/mol. The number of nitrogens with zero attached hydrogens (tertiary/aromatic N) is 4. The summed E-state index contributed by atoms with van der Waals surface area (Å²) in [4.78, 5) is -1.24. The average molecular weight is 717 g/mol. The van der Waals surface area contributed by atoms with Crippen LogP contribution < -0.4 is 0 Å². The van der Waals surface area contributed by atoms with E-state index in [9.17, 15) is 31.6 Å². The minimum atomic E-state index is -4.99. The van der Waals surface area contributed by atoms with Crippen LogP contribution in [0.15, 0.2) is 88.6 Å². The van der Waals surface area contributed by atoms with Crippen molar-refractivity contribution >= 4 is 77.8 Å². The number of hydrogen-bond donors (Lipinski definition) is 6. The lowest BCUT2D eigenvalue weighted by Gasteiger charge is -2.15. The van der Waals surface area contributed by atoms with Crippen molar-refractivity contribution in [2.24, 2.45) is 20.5 Å². The minimum Gasteiger partial charge on any atom is -0.505 e. The first-order valence-electron chi connectivity index (χ1n) is 12.0. The van der Waals surface area contributed by atoms with Crippen LogP contribution in [0.25, 0.3) is 10.8 Å². The van der Waals surface area contributed by atoms with E-state index in [2.05, 4.69) is 39.2 Å². The first kappa shape index (κ1) is 35.1. The van der Waals surface area contributed by atoms with Crippen molar-refractivity contribution in [3.8, 4) is 11.5 Å². The number of aromatic hydroxyl groups is 2. The van der Waals surface area contributed by atoms with E-state index < -0.39 is 41.5 Å². The van der Waals surface area contributed by atoms with Gasteiger partial charge < -0.3 is 10.2 Å². The molecule has 0 fully saturated rings. The topological polar surface area (TPSA) is 276 Å². The predicted octanol–water partition coefficient (Wildman–Crippen LogP) is 7.05. The van der Waals surface area contributed by atoms with E-state index >= 15 is 0 Å². The normalized spacial score (nSPS) is 12.6. The summed E-state index contributed by atoms with van der Waals surface area (Å²) in [6.07, 6.45) is 0. The lowest BCUT2D eigenvalue weighted by Crippen LogP contribution is -2.01. The Bertz CT molecular complexity index is 2070. The highest BCUT2D eigenvalue weighted by Crippen LogP contribution is 2.49. The van der Waals surface area contributed by atoms with E-state index in [0.717, 1.165) is 24.3 Å². The summed E-state index contributed by atoms with van der Waals surface area (Å²) in [6, 6.07) is 9.50. The molecule has 244 valence electrons. The lowest BCUT2D eigenvalue weighted by molar-refractivity contribution is -0.432. The fourth-order valence-corrected chi connectivity index (χ4v) is 6.18. The highest BCUT2D eigenvalue weighted by molar-refractivity contribution is 7.95. The van der Waals surface area contributed by atoms with Crippen molar-refractivity contribution in [3.63, 3.8) is 0 Å². The summed E-state index contributed by atoms with van der Waals surface area (Å²) in [7, 11) is -9.46. The van der Waals surface area contributed by atoms with Gasteiger partial charge in [-0.2, -0.15) is 27.1 Å². The maximum atomic E-state index is 12.4. The van der Waals surface area contributed by atoms with E-state index in [4.69, 9.17) is 15.1 Å². The van der Waals surface area contributed by atoms with Crippen molar-refractivity contribution < 1.29 is 65.4 Å². The lowest BCUT2D eigenvalue weighted by atomic mass is 10.0. The first-order valence-corrected chi connectivity index (χ1v) is 16.4. The number of aryl methyl sites for hydroxylation is 2. The Hall–Kier alpha value is -3.78. The third-order valence-electron chi connectivity index (χ3n) is 5.98. The highest BCUT2D eigenvalue weighted by Gasteiger charge is 2.25. The Kier molecular flexibility index (Phi) is 10.9. The molecule has 0 unspecified atom stereocenters. The largest absolute Gasteiger partial charge is 0.505 e. The van der Waals surface area contributed by atoms with Crippen LogP contribution in [0.2, 0.25) is 0 Å². The van der Waals surface area contributed by atoms with Gasteiger partial charge in [0.15, 0.2) is 11.5 Å². The van der Waals surface area contributed by atoms with Crippen LogP contribution in [0.3, 0.4) is 0 Å². The van der Waals surface area contributed by atoms with Crippen molar-refractivity contribution in [1.82, 2.24) is 0 Å². The standard InChI is InChI=1S/C24H20N4O14S4/c1-11-7-17(23(29)19(8-11)44-42-40-32)27-28-22-18(43-41-39-31)9-15-20(46(36,37)38)10-16(12(2)21(15)24(22)30)26-25-13-3-5-14(6-4-13)45(33,34)35/h3-10,29-32H,1-2H3,(H,33,34,35)(H,36,37,38). The van der Waals surface area contributed by atoms with Gasteiger partial charge in [-0.3, -0.25) is 9.11 Å². The summed E-state index contributed by atoms with van der Waals surface area (Å²) >= 11 is 0.726. The van der Waals surface area contributed by atoms with Gasteiger partial charge in [0.25, 0.3) is 20.2 Å². The van der Waals surface area contributed by atoms with Crippen molar-refractivity contribution in [2.45, 2.75) is 33.4 Å². The van der Waals surface area contributed by atoms with E-state index in [1.165, 1.54) is 31.2 Å². The molecule has 0 saturated carbocycles. The molecule has 4 rings (SSSR count). The second kappa shape index (κ2) is 14.3. The van der Waals surface area contributed by atoms with E-state index in [1.807, 2.05) is 0 Å². The van der Waals surface area contributed by atoms with E-state index in [1.54, 1.807) is 6.92 Å². The van der Waals surface area contributed by atoms with Crippen LogP contribution in [0.5, 0.6) is 11.5 Å². The molecule has 0 saturated heterocycles. The molecule has 4 aromatic rings. The van der Waals surface area contributed by atoms with Gasteiger partial charge in [0.05, 0.1) is 50.1 Å². The molecule has 0 heterocycles. The molecule has 0 aliphatic rings. The Balaban J connectivity index is 1.93. The Morgan fingerprint density at radius 2 is 1.30 bits per heavy atom. The molecular formula is C24H20N4O14S4. The van der Waals surface area contributed by atoms with Gasteiger partial charge in [-0.1, -0.05) is 10.1 Å². The molecule has 22 heteroatoms. The van der Waals surface area contributed by atoms with E-state index in [-0.39, 0.29) is 60.9 Å². The van der Waals surface area contributed by atoms with Crippen molar-refractivity contribution in [1.29, 1.82) is 0 Å². The van der Waals surface area contributed by atoms with Crippen LogP contribution in [0.1, 0.15) is 11.1 Å². The van der Waals surface area contributed by atoms with Gasteiger partial charge >= 0.3 is 0 Å². The number of phenols is 2. The monoisotopic (exact) mass is 716 g/mol. The molecule has 0 radical (unpaired) electrons. The Labute approximate surface area is 267 Å². The number of hydrogen-bond acceptors (Lipinski definition) is 18. The van der Waals surface area contributed by atoms with Crippen LogP contribution in [0, 0.1) is 13.8 Å². The molecule has 18 nitrogen and oxygen atoms in total. The Morgan fingerprint density at radius 1 is 0.696 bits per heavy atom. The maximum absolute atomic E-state index is 12.4. The third-order valence-corrected chi connectivity index (χ3v) is 8.98. The molecule has 0 atom stereocenters. The summed E-state index contributed by atoms with van der Waals surface area (Å²) in [6.45, 7) is 3.08. The second-order valence-electron chi connectivity index (χ2n) is 8.94. The third kappa shape index (κ3) is 7.95. The Morgan fingerprint density at radius 3 is 1.89 bits per heavy atom. The molecule has 0 aliphatic heterocycles. The summed E-state index contributed by atoms with van der Waals surface area (Å²) in [5.41, 5.74) is 0.107. The van der Waals surface area contributed by atoms with Crippen LogP contribution in [-0.2, 0) is 39.0 Å². The smallest absolute Gasteiger partial charge is 0.295 e. The molecular weight excluding hydrogens is 697 g/mol. The van der Waals surface area contributed by atoms with Crippen LogP contribution in [-0.4, -0.2) is 46.7 Å². The molecule has 46 heavy (non-hydrogen) atoms. The molecule has 0 aliphatic carbocycles. The molecule has 0 bridgehead atoms. The van der Waals surface area contributed by atoms with E-state index in [0.29, 0.717) is 17.6 Å². The quantitative estimate of drug-likeness (QED) is 0.0281. The molecule has 0 aromatic heterocycles. The van der Waals surface area contributed by atoms with Crippen LogP contribution in [0.4, 0.5) is 22.7 Å². The second-order valence-corrected chi connectivity index (χ2v) is 13.2. The fourth-order valence-electron chi connectivity index (χ4n) is 3.99. The number of benzene rings is 4. The van der Waals surface area contributed by atoms with Gasteiger partial charge in [-0.15, -0.1) is 18.9 Å². The number of azo groups is 2.